The normalized spacial score (nSPS) is 12.7. The van der Waals surface area contributed by atoms with E-state index in [1.165, 1.54) is 21.9 Å². The lowest BCUT2D eigenvalue weighted by Crippen LogP contribution is -2.17. The van der Waals surface area contributed by atoms with Gasteiger partial charge in [0.1, 0.15) is 0 Å². The lowest BCUT2D eigenvalue weighted by Gasteiger charge is -2.16. The minimum absolute atomic E-state index is 0.353. The standard InChI is InChI=1S/C17H17NS/c1-13(18-11-14-9-10-19-12-14)16-8-4-6-15-5-2-3-7-17(15)16/h2-10,12-13,18H,11H2,1H3. The lowest BCUT2D eigenvalue weighted by atomic mass is 9.99. The van der Waals surface area contributed by atoms with E-state index < -0.39 is 0 Å². The molecule has 1 heterocycles. The summed E-state index contributed by atoms with van der Waals surface area (Å²) in [6, 6.07) is 17.6. The summed E-state index contributed by atoms with van der Waals surface area (Å²) in [4.78, 5) is 0. The highest BCUT2D eigenvalue weighted by molar-refractivity contribution is 7.07. The highest BCUT2D eigenvalue weighted by Crippen LogP contribution is 2.24. The van der Waals surface area contributed by atoms with Crippen molar-refractivity contribution in [3.05, 3.63) is 70.4 Å². The third-order valence-corrected chi connectivity index (χ3v) is 4.21. The van der Waals surface area contributed by atoms with Gasteiger partial charge in [0, 0.05) is 12.6 Å². The van der Waals surface area contributed by atoms with Crippen LogP contribution in [-0.4, -0.2) is 0 Å². The molecule has 0 saturated heterocycles. The van der Waals surface area contributed by atoms with Crippen molar-refractivity contribution in [1.82, 2.24) is 5.32 Å². The maximum absolute atomic E-state index is 3.60. The topological polar surface area (TPSA) is 12.0 Å². The number of hydrogen-bond acceptors (Lipinski definition) is 2. The summed E-state index contributed by atoms with van der Waals surface area (Å²) in [5.74, 6) is 0. The first kappa shape index (κ1) is 12.4. The third kappa shape index (κ3) is 2.70. The highest BCUT2D eigenvalue weighted by Gasteiger charge is 2.08. The number of hydrogen-bond donors (Lipinski definition) is 1. The molecule has 2 heteroatoms. The molecular formula is C17H17NS. The van der Waals surface area contributed by atoms with Gasteiger partial charge >= 0.3 is 0 Å². The van der Waals surface area contributed by atoms with Gasteiger partial charge in [-0.1, -0.05) is 42.5 Å². The van der Waals surface area contributed by atoms with Crippen LogP contribution >= 0.6 is 11.3 Å². The van der Waals surface area contributed by atoms with Crippen molar-refractivity contribution in [2.45, 2.75) is 19.5 Å². The van der Waals surface area contributed by atoms with E-state index in [9.17, 15) is 0 Å². The minimum Gasteiger partial charge on any atom is -0.306 e. The van der Waals surface area contributed by atoms with E-state index in [0.29, 0.717) is 6.04 Å². The second-order valence-electron chi connectivity index (χ2n) is 4.80. The van der Waals surface area contributed by atoms with Gasteiger partial charge in [-0.3, -0.25) is 0 Å². The van der Waals surface area contributed by atoms with Gasteiger partial charge in [0.2, 0.25) is 0 Å². The van der Waals surface area contributed by atoms with E-state index in [1.807, 2.05) is 0 Å². The Morgan fingerprint density at radius 3 is 2.74 bits per heavy atom. The molecule has 2 aromatic carbocycles. The molecule has 0 bridgehead atoms. The van der Waals surface area contributed by atoms with Crippen LogP contribution in [0, 0.1) is 0 Å². The van der Waals surface area contributed by atoms with E-state index >= 15 is 0 Å². The molecule has 1 atom stereocenters. The molecular weight excluding hydrogens is 250 g/mol. The summed E-state index contributed by atoms with van der Waals surface area (Å²) in [6.45, 7) is 3.15. The molecule has 0 saturated carbocycles. The minimum atomic E-state index is 0.353. The number of thiophene rings is 1. The average Bonchev–Trinajstić information content (AvgIpc) is 2.97. The molecule has 0 aliphatic rings. The molecule has 19 heavy (non-hydrogen) atoms. The number of rotatable bonds is 4. The van der Waals surface area contributed by atoms with Crippen molar-refractivity contribution >= 4 is 22.1 Å². The summed E-state index contributed by atoms with van der Waals surface area (Å²) < 4.78 is 0. The Morgan fingerprint density at radius 1 is 1.05 bits per heavy atom. The fourth-order valence-electron chi connectivity index (χ4n) is 2.40. The summed E-state index contributed by atoms with van der Waals surface area (Å²) in [7, 11) is 0. The Kier molecular flexibility index (Phi) is 3.62. The molecule has 0 radical (unpaired) electrons. The monoisotopic (exact) mass is 267 g/mol. The largest absolute Gasteiger partial charge is 0.306 e. The van der Waals surface area contributed by atoms with E-state index in [1.54, 1.807) is 11.3 Å². The van der Waals surface area contributed by atoms with Gasteiger partial charge in [-0.25, -0.2) is 0 Å². The SMILES string of the molecule is CC(NCc1ccsc1)c1cccc2ccccc12. The Hall–Kier alpha value is -1.64. The third-order valence-electron chi connectivity index (χ3n) is 3.48. The molecule has 3 aromatic rings. The van der Waals surface area contributed by atoms with Crippen LogP contribution in [0.25, 0.3) is 10.8 Å². The molecule has 1 nitrogen and oxygen atoms in total. The molecule has 0 fully saturated rings. The molecule has 0 aliphatic carbocycles. The summed E-state index contributed by atoms with van der Waals surface area (Å²) >= 11 is 1.75. The van der Waals surface area contributed by atoms with E-state index in [2.05, 4.69) is 71.5 Å². The quantitative estimate of drug-likeness (QED) is 0.719. The van der Waals surface area contributed by atoms with Crippen LogP contribution in [0.2, 0.25) is 0 Å². The predicted octanol–water partition coefficient (Wildman–Crippen LogP) is 4.75. The number of fused-ring (bicyclic) bond motifs is 1. The van der Waals surface area contributed by atoms with Gasteiger partial charge in [0.15, 0.2) is 0 Å². The fourth-order valence-corrected chi connectivity index (χ4v) is 3.07. The summed E-state index contributed by atoms with van der Waals surface area (Å²) in [5.41, 5.74) is 2.73. The van der Waals surface area contributed by atoms with Crippen LogP contribution in [0.3, 0.4) is 0 Å². The predicted molar refractivity (Wildman–Crippen MR) is 83.5 cm³/mol. The van der Waals surface area contributed by atoms with Gasteiger partial charge in [-0.05, 0) is 45.6 Å². The maximum atomic E-state index is 3.60. The zero-order valence-corrected chi connectivity index (χ0v) is 11.8. The zero-order chi connectivity index (χ0) is 13.1. The molecule has 0 amide bonds. The smallest absolute Gasteiger partial charge is 0.0301 e. The number of nitrogens with one attached hydrogen (secondary N) is 1. The molecule has 1 N–H and O–H groups in total. The second-order valence-corrected chi connectivity index (χ2v) is 5.58. The maximum Gasteiger partial charge on any atom is 0.0301 e. The van der Waals surface area contributed by atoms with Crippen LogP contribution < -0.4 is 5.32 Å². The highest BCUT2D eigenvalue weighted by atomic mass is 32.1. The Balaban J connectivity index is 1.83. The number of benzene rings is 2. The summed E-state index contributed by atoms with van der Waals surface area (Å²) in [5, 5.41) is 10.6. The molecule has 3 rings (SSSR count). The van der Waals surface area contributed by atoms with Crippen LogP contribution in [0.1, 0.15) is 24.1 Å². The molecule has 0 spiro atoms. The van der Waals surface area contributed by atoms with Gasteiger partial charge in [-0.2, -0.15) is 11.3 Å². The lowest BCUT2D eigenvalue weighted by molar-refractivity contribution is 0.579. The zero-order valence-electron chi connectivity index (χ0n) is 11.0. The van der Waals surface area contributed by atoms with Crippen LogP contribution in [0.5, 0.6) is 0 Å². The van der Waals surface area contributed by atoms with Gasteiger partial charge < -0.3 is 5.32 Å². The Labute approximate surface area is 117 Å². The first-order valence-electron chi connectivity index (χ1n) is 6.57. The van der Waals surface area contributed by atoms with Gasteiger partial charge in [-0.15, -0.1) is 0 Å². The van der Waals surface area contributed by atoms with Crippen LogP contribution in [0.4, 0.5) is 0 Å². The molecule has 0 aliphatic heterocycles. The first-order chi connectivity index (χ1) is 9.34. The molecule has 1 unspecified atom stereocenters. The molecule has 1 aromatic heterocycles. The van der Waals surface area contributed by atoms with Gasteiger partial charge in [0.05, 0.1) is 0 Å². The van der Waals surface area contributed by atoms with Crippen molar-refractivity contribution in [3.8, 4) is 0 Å². The van der Waals surface area contributed by atoms with E-state index in [-0.39, 0.29) is 0 Å². The van der Waals surface area contributed by atoms with Crippen molar-refractivity contribution in [3.63, 3.8) is 0 Å². The molecule has 96 valence electrons. The second kappa shape index (κ2) is 5.55. The van der Waals surface area contributed by atoms with Crippen LogP contribution in [0.15, 0.2) is 59.3 Å². The van der Waals surface area contributed by atoms with Crippen molar-refractivity contribution in [1.29, 1.82) is 0 Å². The average molecular weight is 267 g/mol. The van der Waals surface area contributed by atoms with Crippen molar-refractivity contribution < 1.29 is 0 Å². The van der Waals surface area contributed by atoms with Gasteiger partial charge in [0.25, 0.3) is 0 Å². The fraction of sp³-hybridized carbons (Fsp3) is 0.176. The Morgan fingerprint density at radius 2 is 1.89 bits per heavy atom. The first-order valence-corrected chi connectivity index (χ1v) is 7.51. The van der Waals surface area contributed by atoms with Crippen LogP contribution in [-0.2, 0) is 6.54 Å². The summed E-state index contributed by atoms with van der Waals surface area (Å²) in [6.07, 6.45) is 0. The Bertz CT molecular complexity index is 653. The van der Waals surface area contributed by atoms with E-state index in [4.69, 9.17) is 0 Å². The van der Waals surface area contributed by atoms with E-state index in [0.717, 1.165) is 6.54 Å². The van der Waals surface area contributed by atoms with Crippen molar-refractivity contribution in [2.75, 3.05) is 0 Å². The van der Waals surface area contributed by atoms with Crippen molar-refractivity contribution in [2.24, 2.45) is 0 Å².